The number of nitrogens with one attached hydrogen (secondary N) is 2. The van der Waals surface area contributed by atoms with E-state index in [1.807, 2.05) is 28.8 Å². The van der Waals surface area contributed by atoms with Crippen LogP contribution in [-0.2, 0) is 26.3 Å². The maximum atomic E-state index is 13.2. The van der Waals surface area contributed by atoms with Gasteiger partial charge in [0.2, 0.25) is 5.95 Å². The van der Waals surface area contributed by atoms with Crippen molar-refractivity contribution in [1.29, 1.82) is 0 Å². The van der Waals surface area contributed by atoms with E-state index in [1.165, 1.54) is 6.42 Å². The number of hydrogen-bond donors (Lipinski definition) is 2. The zero-order valence-electron chi connectivity index (χ0n) is 29.2. The van der Waals surface area contributed by atoms with Gasteiger partial charge in [-0.1, -0.05) is 20.8 Å². The van der Waals surface area contributed by atoms with Gasteiger partial charge >= 0.3 is 6.03 Å². The Morgan fingerprint density at radius 2 is 1.76 bits per heavy atom. The third-order valence-electron chi connectivity index (χ3n) is 9.30. The monoisotopic (exact) mass is 696 g/mol. The van der Waals surface area contributed by atoms with E-state index in [4.69, 9.17) is 14.0 Å². The van der Waals surface area contributed by atoms with Crippen molar-refractivity contribution in [3.63, 3.8) is 0 Å². The number of nitrogens with zero attached hydrogens (tertiary/aromatic N) is 8. The Kier molecular flexibility index (Phi) is 9.89. The van der Waals surface area contributed by atoms with Crippen molar-refractivity contribution in [2.45, 2.75) is 116 Å². The number of ether oxygens (including phenoxy) is 1. The van der Waals surface area contributed by atoms with Crippen LogP contribution in [0.2, 0.25) is 0 Å². The Labute approximate surface area is 287 Å². The third kappa shape index (κ3) is 8.35. The Bertz CT molecular complexity index is 1860. The van der Waals surface area contributed by atoms with Crippen LogP contribution in [0, 0.1) is 0 Å². The zero-order chi connectivity index (χ0) is 34.9. The first-order chi connectivity index (χ1) is 23.2. The number of rotatable bonds is 10. The summed E-state index contributed by atoms with van der Waals surface area (Å²) in [6.07, 6.45) is 13.1. The van der Waals surface area contributed by atoms with Gasteiger partial charge in [-0.2, -0.15) is 18.6 Å². The second-order valence-corrected chi connectivity index (χ2v) is 16.0. The van der Waals surface area contributed by atoms with Gasteiger partial charge in [0.05, 0.1) is 49.8 Å². The molecule has 2 amide bonds. The number of carbonyl (C=O) groups is 1. The van der Waals surface area contributed by atoms with Crippen LogP contribution in [0.25, 0.3) is 11.3 Å². The molecule has 0 bridgehead atoms. The van der Waals surface area contributed by atoms with Crippen molar-refractivity contribution in [1.82, 2.24) is 39.5 Å². The van der Waals surface area contributed by atoms with Gasteiger partial charge in [-0.05, 0) is 70.9 Å². The summed E-state index contributed by atoms with van der Waals surface area (Å²) in [5.74, 6) is 2.15. The smallest absolute Gasteiger partial charge is 0.320 e. The number of aromatic nitrogens is 7. The zero-order valence-corrected chi connectivity index (χ0v) is 30.0. The van der Waals surface area contributed by atoms with Crippen molar-refractivity contribution in [3.8, 4) is 11.4 Å². The van der Waals surface area contributed by atoms with Crippen LogP contribution in [-0.4, -0.2) is 85.7 Å². The average molecular weight is 697 g/mol. The number of fused-ring (bicyclic) bond motifs is 1. The molecule has 49 heavy (non-hydrogen) atoms. The maximum Gasteiger partial charge on any atom is 0.320 e. The van der Waals surface area contributed by atoms with E-state index in [9.17, 15) is 13.2 Å². The number of piperidine rings is 1. The van der Waals surface area contributed by atoms with Crippen LogP contribution in [0.3, 0.4) is 0 Å². The van der Waals surface area contributed by atoms with E-state index >= 15 is 0 Å². The van der Waals surface area contributed by atoms with E-state index in [2.05, 4.69) is 65.4 Å². The molecule has 15 nitrogen and oxygen atoms in total. The number of pyridine rings is 1. The van der Waals surface area contributed by atoms with Gasteiger partial charge in [-0.15, -0.1) is 10.2 Å². The van der Waals surface area contributed by atoms with Crippen LogP contribution in [0.5, 0.6) is 5.75 Å². The van der Waals surface area contributed by atoms with Crippen molar-refractivity contribution in [2.24, 2.45) is 0 Å². The standard InChI is InChI=1S/C33H48N10O5S/c1-22-8-7-9-23(2)42(22)32-38-37-29-15-14-27(21-41(29)32)48-26-12-10-24(11-13-26)35-31(44)36-30-18-28(33(3,4)5)39-43(30)25-19-34-40(20-25)16-17-47-49(6,45)46/h14-15,18-24,26H,7-13,16-17H2,1-6H3,(H2,35,36,44)/t22-,23+,24-,26-. The molecule has 16 heteroatoms. The summed E-state index contributed by atoms with van der Waals surface area (Å²) in [6, 6.07) is 6.27. The number of hydrogen-bond acceptors (Lipinski definition) is 10. The van der Waals surface area contributed by atoms with Crippen LogP contribution in [0.1, 0.15) is 85.3 Å². The molecule has 2 atom stereocenters. The summed E-state index contributed by atoms with van der Waals surface area (Å²) in [4.78, 5) is 15.6. The molecule has 0 aromatic carbocycles. The highest BCUT2D eigenvalue weighted by molar-refractivity contribution is 7.85. The van der Waals surface area contributed by atoms with Gasteiger partial charge < -0.3 is 15.0 Å². The summed E-state index contributed by atoms with van der Waals surface area (Å²) < 4.78 is 39.1. The summed E-state index contributed by atoms with van der Waals surface area (Å²) in [5, 5.41) is 24.1. The highest BCUT2D eigenvalue weighted by atomic mass is 32.2. The second-order valence-electron chi connectivity index (χ2n) is 14.4. The molecule has 2 N–H and O–H groups in total. The molecular formula is C33H48N10O5S. The number of anilines is 2. The van der Waals surface area contributed by atoms with Crippen molar-refractivity contribution in [2.75, 3.05) is 23.1 Å². The van der Waals surface area contributed by atoms with E-state index in [1.54, 1.807) is 21.8 Å². The molecule has 5 heterocycles. The van der Waals surface area contributed by atoms with Gasteiger partial charge in [0, 0.05) is 29.6 Å². The van der Waals surface area contributed by atoms with Gasteiger partial charge in [0.25, 0.3) is 10.1 Å². The highest BCUT2D eigenvalue weighted by Crippen LogP contribution is 2.31. The summed E-state index contributed by atoms with van der Waals surface area (Å²) in [5.41, 5.74) is 1.96. The lowest BCUT2D eigenvalue weighted by atomic mass is 9.92. The lowest BCUT2D eigenvalue weighted by Gasteiger charge is -2.39. The third-order valence-corrected chi connectivity index (χ3v) is 9.89. The predicted octanol–water partition coefficient (Wildman–Crippen LogP) is 4.66. The van der Waals surface area contributed by atoms with Gasteiger partial charge in [-0.25, -0.2) is 9.48 Å². The summed E-state index contributed by atoms with van der Waals surface area (Å²) >= 11 is 0. The topological polar surface area (TPSA) is 163 Å². The Morgan fingerprint density at radius 1 is 1.02 bits per heavy atom. The molecule has 2 fully saturated rings. The minimum Gasteiger partial charge on any atom is -0.489 e. The van der Waals surface area contributed by atoms with Gasteiger partial charge in [0.15, 0.2) is 5.65 Å². The predicted molar refractivity (Wildman–Crippen MR) is 186 cm³/mol. The second kappa shape index (κ2) is 14.0. The maximum absolute atomic E-state index is 13.2. The molecule has 2 aliphatic rings. The van der Waals surface area contributed by atoms with Gasteiger partial charge in [0.1, 0.15) is 17.3 Å². The lowest BCUT2D eigenvalue weighted by molar-refractivity contribution is 0.140. The molecule has 0 spiro atoms. The van der Waals surface area contributed by atoms with Crippen LogP contribution in [0.15, 0.2) is 36.8 Å². The van der Waals surface area contributed by atoms with E-state index < -0.39 is 10.1 Å². The fraction of sp³-hybridized carbons (Fsp3) is 0.606. The van der Waals surface area contributed by atoms with Crippen LogP contribution in [0.4, 0.5) is 16.6 Å². The minimum atomic E-state index is -3.54. The first-order valence-corrected chi connectivity index (χ1v) is 18.9. The molecule has 266 valence electrons. The van der Waals surface area contributed by atoms with Crippen LogP contribution >= 0.6 is 0 Å². The molecule has 4 aromatic heterocycles. The lowest BCUT2D eigenvalue weighted by Crippen LogP contribution is -2.44. The van der Waals surface area contributed by atoms with Crippen molar-refractivity contribution in [3.05, 3.63) is 42.5 Å². The molecular weight excluding hydrogens is 648 g/mol. The molecule has 6 rings (SSSR count). The largest absolute Gasteiger partial charge is 0.489 e. The highest BCUT2D eigenvalue weighted by Gasteiger charge is 2.29. The quantitative estimate of drug-likeness (QED) is 0.223. The normalized spacial score (nSPS) is 22.0. The van der Waals surface area contributed by atoms with Crippen LogP contribution < -0.4 is 20.3 Å². The molecule has 1 aliphatic heterocycles. The summed E-state index contributed by atoms with van der Waals surface area (Å²) in [6.45, 7) is 10.9. The molecule has 4 aromatic rings. The first kappa shape index (κ1) is 34.7. The molecule has 0 radical (unpaired) electrons. The Morgan fingerprint density at radius 3 is 2.45 bits per heavy atom. The van der Waals surface area contributed by atoms with Crippen molar-refractivity contribution >= 4 is 33.6 Å². The minimum absolute atomic E-state index is 0.00455. The average Bonchev–Trinajstić information content (AvgIpc) is 3.76. The fourth-order valence-electron chi connectivity index (χ4n) is 6.68. The van der Waals surface area contributed by atoms with Crippen molar-refractivity contribution < 1.29 is 22.1 Å². The SMILES string of the molecule is C[C@@H]1CCC[C@H](C)N1c1nnc2ccc(O[C@H]3CC[C@H](NC(=O)Nc4cc(C(C)(C)C)nn4-c4cnn(CCOS(C)(=O)=O)c4)CC3)cn12. The summed E-state index contributed by atoms with van der Waals surface area (Å²) in [7, 11) is -3.54. The van der Waals surface area contributed by atoms with E-state index in [0.717, 1.165) is 67.8 Å². The Balaban J connectivity index is 1.05. The van der Waals surface area contributed by atoms with E-state index in [-0.39, 0.29) is 36.7 Å². The number of urea groups is 1. The Hall–Kier alpha value is -4.18. The first-order valence-electron chi connectivity index (χ1n) is 17.1. The molecule has 1 saturated heterocycles. The number of amides is 2. The molecule has 0 unspecified atom stereocenters. The number of carbonyl (C=O) groups excluding carboxylic acids is 1. The molecule has 1 saturated carbocycles. The van der Waals surface area contributed by atoms with Gasteiger partial charge in [-0.3, -0.25) is 18.6 Å². The molecule has 1 aliphatic carbocycles. The van der Waals surface area contributed by atoms with E-state index in [0.29, 0.717) is 23.6 Å². The fourth-order valence-corrected chi connectivity index (χ4v) is 7.05.